The number of amides is 2. The second-order valence-electron chi connectivity index (χ2n) is 6.14. The second kappa shape index (κ2) is 6.05. The normalized spacial score (nSPS) is 22.3. The third-order valence-corrected chi connectivity index (χ3v) is 4.54. The van der Waals surface area contributed by atoms with Crippen LogP contribution in [0.25, 0.3) is 0 Å². The van der Waals surface area contributed by atoms with Crippen LogP contribution in [0.1, 0.15) is 11.1 Å². The van der Waals surface area contributed by atoms with Crippen LogP contribution in [0.3, 0.4) is 0 Å². The molecule has 0 spiro atoms. The molecule has 2 atom stereocenters. The van der Waals surface area contributed by atoms with Crippen molar-refractivity contribution in [1.82, 2.24) is 9.80 Å². The number of carbonyl (C=O) groups excluding carboxylic acids is 3. The third kappa shape index (κ3) is 2.65. The molecule has 2 heterocycles. The monoisotopic (exact) mass is 336 g/mol. The Kier molecular flexibility index (Phi) is 3.72. The lowest BCUT2D eigenvalue weighted by molar-refractivity contribution is -0.154. The zero-order valence-electron chi connectivity index (χ0n) is 13.4. The maximum absolute atomic E-state index is 12.9. The highest BCUT2D eigenvalue weighted by molar-refractivity contribution is 6.06. The quantitative estimate of drug-likeness (QED) is 0.632. The van der Waals surface area contributed by atoms with E-state index >= 15 is 0 Å². The number of ether oxygens (including phenoxy) is 1. The van der Waals surface area contributed by atoms with Gasteiger partial charge in [0.1, 0.15) is 0 Å². The maximum atomic E-state index is 12.9. The van der Waals surface area contributed by atoms with Gasteiger partial charge in [-0.3, -0.25) is 0 Å². The number of nitrogens with zero attached hydrogens (tertiary/aromatic N) is 2. The van der Waals surface area contributed by atoms with Gasteiger partial charge < -0.3 is 14.5 Å². The van der Waals surface area contributed by atoms with Crippen molar-refractivity contribution in [3.8, 4) is 0 Å². The molecule has 0 N–H and O–H groups in total. The molecule has 2 aliphatic rings. The highest BCUT2D eigenvalue weighted by Gasteiger charge is 2.59. The van der Waals surface area contributed by atoms with E-state index in [0.717, 1.165) is 11.1 Å². The van der Waals surface area contributed by atoms with E-state index in [9.17, 15) is 14.4 Å². The van der Waals surface area contributed by atoms with Gasteiger partial charge in [-0.05, 0) is 11.1 Å². The van der Waals surface area contributed by atoms with Gasteiger partial charge in [-0.1, -0.05) is 60.7 Å². The van der Waals surface area contributed by atoms with E-state index in [-0.39, 0.29) is 19.1 Å². The predicted octanol–water partition coefficient (Wildman–Crippen LogP) is 1.94. The molecule has 2 aromatic carbocycles. The Morgan fingerprint density at radius 3 is 1.48 bits per heavy atom. The molecule has 0 radical (unpaired) electrons. The Hall–Kier alpha value is -3.15. The minimum absolute atomic E-state index is 0.258. The molecular weight excluding hydrogens is 320 g/mol. The summed E-state index contributed by atoms with van der Waals surface area (Å²) in [4.78, 5) is 40.1. The van der Waals surface area contributed by atoms with Gasteiger partial charge in [0.05, 0.1) is 0 Å². The molecule has 2 aliphatic heterocycles. The Morgan fingerprint density at radius 2 is 1.08 bits per heavy atom. The Labute approximate surface area is 144 Å². The van der Waals surface area contributed by atoms with Crippen molar-refractivity contribution in [3.63, 3.8) is 0 Å². The van der Waals surface area contributed by atoms with Gasteiger partial charge in [-0.15, -0.1) is 0 Å². The molecule has 0 saturated carbocycles. The zero-order valence-corrected chi connectivity index (χ0v) is 13.4. The summed E-state index contributed by atoms with van der Waals surface area (Å²) < 4.78 is 4.80. The van der Waals surface area contributed by atoms with Crippen LogP contribution in [0.5, 0.6) is 0 Å². The van der Waals surface area contributed by atoms with Crippen molar-refractivity contribution in [2.75, 3.05) is 0 Å². The largest absolute Gasteiger partial charge is 0.390 e. The topological polar surface area (TPSA) is 66.9 Å². The van der Waals surface area contributed by atoms with Gasteiger partial charge in [0, 0.05) is 13.1 Å². The number of rotatable bonds is 4. The van der Waals surface area contributed by atoms with E-state index in [0.29, 0.717) is 0 Å². The molecule has 2 fully saturated rings. The summed E-state index contributed by atoms with van der Waals surface area (Å²) in [7, 11) is 0. The van der Waals surface area contributed by atoms with Crippen molar-refractivity contribution in [2.24, 2.45) is 0 Å². The summed E-state index contributed by atoms with van der Waals surface area (Å²) in [5.41, 5.74) is 1.78. The number of hydrogen-bond donors (Lipinski definition) is 0. The van der Waals surface area contributed by atoms with E-state index in [4.69, 9.17) is 4.74 Å². The molecule has 4 rings (SSSR count). The Bertz CT molecular complexity index is 754. The van der Waals surface area contributed by atoms with E-state index in [1.54, 1.807) is 0 Å². The number of carbonyl (C=O) groups is 3. The summed E-state index contributed by atoms with van der Waals surface area (Å²) in [6, 6.07) is 16.7. The fourth-order valence-electron chi connectivity index (χ4n) is 3.37. The van der Waals surface area contributed by atoms with Gasteiger partial charge in [0.2, 0.25) is 0 Å². The standard InChI is InChI=1S/C19H16N2O4/c22-17-15-16(18(23)25-17)21(12-14-9-5-2-6-10-14)19(24)20(15)11-13-7-3-1-4-8-13/h1-10,15-16H,11-12H2/t15-,16-/m0/s1. The number of hydrogen-bond acceptors (Lipinski definition) is 4. The molecule has 6 nitrogen and oxygen atoms in total. The van der Waals surface area contributed by atoms with Crippen molar-refractivity contribution < 1.29 is 19.1 Å². The van der Waals surface area contributed by atoms with Crippen molar-refractivity contribution in [2.45, 2.75) is 25.2 Å². The fourth-order valence-corrected chi connectivity index (χ4v) is 3.37. The lowest BCUT2D eigenvalue weighted by Crippen LogP contribution is -2.39. The molecule has 25 heavy (non-hydrogen) atoms. The maximum Gasteiger partial charge on any atom is 0.339 e. The first-order valence-electron chi connectivity index (χ1n) is 8.06. The lowest BCUT2D eigenvalue weighted by atomic mass is 10.1. The highest BCUT2D eigenvalue weighted by Crippen LogP contribution is 2.32. The molecule has 0 aliphatic carbocycles. The molecule has 2 saturated heterocycles. The van der Waals surface area contributed by atoms with E-state index in [1.807, 2.05) is 60.7 Å². The fraction of sp³-hybridized carbons (Fsp3) is 0.211. The van der Waals surface area contributed by atoms with Crippen LogP contribution in [0, 0.1) is 0 Å². The number of cyclic esters (lactones) is 2. The summed E-state index contributed by atoms with van der Waals surface area (Å²) in [5, 5.41) is 0. The second-order valence-corrected chi connectivity index (χ2v) is 6.14. The van der Waals surface area contributed by atoms with Crippen LogP contribution >= 0.6 is 0 Å². The summed E-state index contributed by atoms with van der Waals surface area (Å²) in [6.07, 6.45) is 0. The van der Waals surface area contributed by atoms with E-state index in [1.165, 1.54) is 9.80 Å². The zero-order chi connectivity index (χ0) is 17.4. The van der Waals surface area contributed by atoms with Gasteiger partial charge >= 0.3 is 18.0 Å². The summed E-state index contributed by atoms with van der Waals surface area (Å²) in [6.45, 7) is 0.517. The minimum atomic E-state index is -0.885. The molecule has 126 valence electrons. The number of benzene rings is 2. The van der Waals surface area contributed by atoms with Crippen LogP contribution in [-0.2, 0) is 27.4 Å². The molecular formula is C19H16N2O4. The van der Waals surface area contributed by atoms with Crippen LogP contribution in [0.2, 0.25) is 0 Å². The van der Waals surface area contributed by atoms with Crippen molar-refractivity contribution >= 4 is 18.0 Å². The number of fused-ring (bicyclic) bond motifs is 1. The van der Waals surface area contributed by atoms with Crippen LogP contribution in [0.4, 0.5) is 4.79 Å². The van der Waals surface area contributed by atoms with E-state index < -0.39 is 24.0 Å². The molecule has 2 aromatic rings. The van der Waals surface area contributed by atoms with Crippen LogP contribution in [0.15, 0.2) is 60.7 Å². The van der Waals surface area contributed by atoms with E-state index in [2.05, 4.69) is 0 Å². The van der Waals surface area contributed by atoms with Crippen LogP contribution in [-0.4, -0.2) is 39.9 Å². The molecule has 0 aromatic heterocycles. The highest BCUT2D eigenvalue weighted by atomic mass is 16.6. The molecule has 2 amide bonds. The van der Waals surface area contributed by atoms with Gasteiger partial charge in [-0.25, -0.2) is 14.4 Å². The first kappa shape index (κ1) is 15.4. The summed E-state index contributed by atoms with van der Waals surface area (Å²) in [5.74, 6) is -1.32. The smallest absolute Gasteiger partial charge is 0.339 e. The Morgan fingerprint density at radius 1 is 0.680 bits per heavy atom. The number of esters is 2. The minimum Gasteiger partial charge on any atom is -0.390 e. The number of urea groups is 1. The van der Waals surface area contributed by atoms with Crippen molar-refractivity contribution in [3.05, 3.63) is 71.8 Å². The molecule has 0 bridgehead atoms. The SMILES string of the molecule is O=C1OC(=O)[C@@H]2[C@@H]1N(Cc1ccccc1)C(=O)N2Cc1ccccc1. The first-order chi connectivity index (χ1) is 12.1. The predicted molar refractivity (Wildman–Crippen MR) is 88.0 cm³/mol. The Balaban J connectivity index is 1.65. The average molecular weight is 336 g/mol. The molecule has 6 heteroatoms. The average Bonchev–Trinajstić information content (AvgIpc) is 3.06. The van der Waals surface area contributed by atoms with Gasteiger partial charge in [-0.2, -0.15) is 0 Å². The lowest BCUT2D eigenvalue weighted by Gasteiger charge is -2.21. The summed E-state index contributed by atoms with van der Waals surface area (Å²) >= 11 is 0. The van der Waals surface area contributed by atoms with Crippen molar-refractivity contribution in [1.29, 1.82) is 0 Å². The van der Waals surface area contributed by atoms with Crippen LogP contribution < -0.4 is 0 Å². The molecule has 0 unspecified atom stereocenters. The first-order valence-corrected chi connectivity index (χ1v) is 8.06. The van der Waals surface area contributed by atoms with Gasteiger partial charge in [0.15, 0.2) is 12.1 Å². The van der Waals surface area contributed by atoms with Gasteiger partial charge in [0.25, 0.3) is 0 Å². The third-order valence-electron chi connectivity index (χ3n) is 4.54.